The van der Waals surface area contributed by atoms with Gasteiger partial charge in [0.05, 0.1) is 17.6 Å². The van der Waals surface area contributed by atoms with Gasteiger partial charge in [-0.25, -0.2) is 0 Å². The second kappa shape index (κ2) is 13.0. The van der Waals surface area contributed by atoms with Crippen molar-refractivity contribution in [2.45, 2.75) is 43.3 Å². The summed E-state index contributed by atoms with van der Waals surface area (Å²) in [4.78, 5) is 35.5. The summed E-state index contributed by atoms with van der Waals surface area (Å²) in [6, 6.07) is 42.9. The molecule has 0 aliphatic carbocycles. The molecule has 2 aliphatic heterocycles. The number of alkyl halides is 3. The van der Waals surface area contributed by atoms with Crippen LogP contribution in [-0.2, 0) is 22.3 Å². The van der Waals surface area contributed by atoms with Gasteiger partial charge in [-0.05, 0) is 46.9 Å². The first-order valence-corrected chi connectivity index (χ1v) is 16.4. The quantitative estimate of drug-likeness (QED) is 0.170. The molecule has 0 aromatic heterocycles. The highest BCUT2D eigenvalue weighted by atomic mass is 19.4. The average molecular weight is 660 g/mol. The number of likely N-dealkylation sites (tertiary alicyclic amines) is 1. The monoisotopic (exact) mass is 659 g/mol. The molecule has 8 heteroatoms. The Morgan fingerprint density at radius 1 is 0.633 bits per heavy atom. The standard InChI is InChI=1S/C41H36F3N3O2/c1-29-38(48)46(26-30-22-24-35(25-23-30)41(42,43)44)40(27-45(28-40)36(31-14-6-2-7-15-31)32-16-8-3-9-17-32)39(49)47(29)37(33-18-10-4-11-19-33)34-20-12-5-13-21-34/h2-25,29,36-37H,26-28H2,1H3. The fourth-order valence-electron chi connectivity index (χ4n) is 7.42. The van der Waals surface area contributed by atoms with Gasteiger partial charge in [-0.15, -0.1) is 0 Å². The molecule has 2 saturated heterocycles. The number of hydrogen-bond acceptors (Lipinski definition) is 3. The molecule has 2 fully saturated rings. The van der Waals surface area contributed by atoms with Crippen LogP contribution in [0.15, 0.2) is 146 Å². The summed E-state index contributed by atoms with van der Waals surface area (Å²) < 4.78 is 40.2. The SMILES string of the molecule is CC1C(=O)N(Cc2ccc(C(F)(F)F)cc2)C2(CN(C(c3ccccc3)c3ccccc3)C2)C(=O)N1C(c1ccccc1)c1ccccc1. The zero-order chi connectivity index (χ0) is 34.2. The normalized spacial score (nSPS) is 18.0. The van der Waals surface area contributed by atoms with Crippen molar-refractivity contribution in [1.82, 2.24) is 14.7 Å². The van der Waals surface area contributed by atoms with Gasteiger partial charge in [0, 0.05) is 19.6 Å². The van der Waals surface area contributed by atoms with Crippen LogP contribution >= 0.6 is 0 Å². The maximum Gasteiger partial charge on any atom is 0.416 e. The Balaban J connectivity index is 1.31. The zero-order valence-corrected chi connectivity index (χ0v) is 27.0. The largest absolute Gasteiger partial charge is 0.416 e. The van der Waals surface area contributed by atoms with Crippen molar-refractivity contribution in [2.24, 2.45) is 0 Å². The lowest BCUT2D eigenvalue weighted by Crippen LogP contribution is -2.82. The maximum absolute atomic E-state index is 15.3. The van der Waals surface area contributed by atoms with Crippen molar-refractivity contribution in [3.05, 3.63) is 179 Å². The van der Waals surface area contributed by atoms with Gasteiger partial charge in [0.1, 0.15) is 11.6 Å². The maximum atomic E-state index is 15.3. The molecule has 0 saturated carbocycles. The van der Waals surface area contributed by atoms with E-state index in [2.05, 4.69) is 29.2 Å². The van der Waals surface area contributed by atoms with Crippen LogP contribution < -0.4 is 0 Å². The molecule has 49 heavy (non-hydrogen) atoms. The molecule has 2 aliphatic rings. The van der Waals surface area contributed by atoms with Crippen molar-refractivity contribution >= 4 is 11.8 Å². The van der Waals surface area contributed by atoms with E-state index >= 15 is 4.79 Å². The summed E-state index contributed by atoms with van der Waals surface area (Å²) in [5.74, 6) is -0.424. The Morgan fingerprint density at radius 2 is 1.04 bits per heavy atom. The summed E-state index contributed by atoms with van der Waals surface area (Å²) >= 11 is 0. The van der Waals surface area contributed by atoms with E-state index in [1.54, 1.807) is 16.7 Å². The van der Waals surface area contributed by atoms with E-state index < -0.39 is 29.4 Å². The molecule has 5 aromatic carbocycles. The summed E-state index contributed by atoms with van der Waals surface area (Å²) in [5, 5.41) is 0. The van der Waals surface area contributed by atoms with E-state index in [1.165, 1.54) is 12.1 Å². The summed E-state index contributed by atoms with van der Waals surface area (Å²) in [5.41, 5.74) is 2.41. The number of piperazine rings is 1. The first kappa shape index (κ1) is 32.3. The van der Waals surface area contributed by atoms with E-state index in [0.717, 1.165) is 34.4 Å². The van der Waals surface area contributed by atoms with E-state index in [9.17, 15) is 18.0 Å². The third kappa shape index (κ3) is 6.02. The van der Waals surface area contributed by atoms with Crippen LogP contribution in [0.3, 0.4) is 0 Å². The number of carbonyl (C=O) groups is 2. The number of hydrogen-bond donors (Lipinski definition) is 0. The molecule has 0 N–H and O–H groups in total. The minimum Gasteiger partial charge on any atom is -0.319 e. The van der Waals surface area contributed by atoms with Crippen molar-refractivity contribution in [3.63, 3.8) is 0 Å². The molecule has 7 rings (SSSR count). The highest BCUT2D eigenvalue weighted by Gasteiger charge is 2.63. The smallest absolute Gasteiger partial charge is 0.319 e. The van der Waals surface area contributed by atoms with E-state index in [1.807, 2.05) is 97.1 Å². The van der Waals surface area contributed by atoms with Gasteiger partial charge < -0.3 is 9.80 Å². The molecule has 248 valence electrons. The third-order valence-corrected chi connectivity index (χ3v) is 9.85. The summed E-state index contributed by atoms with van der Waals surface area (Å²) in [7, 11) is 0. The van der Waals surface area contributed by atoms with Crippen LogP contribution in [0.4, 0.5) is 13.2 Å². The van der Waals surface area contributed by atoms with Gasteiger partial charge in [-0.1, -0.05) is 133 Å². The lowest BCUT2D eigenvalue weighted by atomic mass is 9.78. The van der Waals surface area contributed by atoms with Crippen molar-refractivity contribution in [1.29, 1.82) is 0 Å². The Kier molecular flexibility index (Phi) is 8.59. The Labute approximate surface area is 284 Å². The Bertz CT molecular complexity index is 1820. The average Bonchev–Trinajstić information content (AvgIpc) is 3.11. The highest BCUT2D eigenvalue weighted by Crippen LogP contribution is 2.46. The number of rotatable bonds is 8. The molecule has 0 radical (unpaired) electrons. The van der Waals surface area contributed by atoms with E-state index in [0.29, 0.717) is 5.56 Å². The van der Waals surface area contributed by atoms with Gasteiger partial charge >= 0.3 is 6.18 Å². The molecule has 5 nitrogen and oxygen atoms in total. The van der Waals surface area contributed by atoms with Gasteiger partial charge in [-0.3, -0.25) is 14.5 Å². The molecule has 1 unspecified atom stereocenters. The van der Waals surface area contributed by atoms with Gasteiger partial charge in [0.2, 0.25) is 5.91 Å². The first-order chi connectivity index (χ1) is 23.7. The molecule has 1 atom stereocenters. The molecule has 2 heterocycles. The van der Waals surface area contributed by atoms with E-state index in [-0.39, 0.29) is 37.5 Å². The van der Waals surface area contributed by atoms with Crippen LogP contribution in [0, 0.1) is 0 Å². The number of halogens is 3. The number of nitrogens with zero attached hydrogens (tertiary/aromatic N) is 3. The summed E-state index contributed by atoms with van der Waals surface area (Å²) in [6.45, 7) is 2.27. The lowest BCUT2D eigenvalue weighted by molar-refractivity contribution is -0.189. The van der Waals surface area contributed by atoms with Crippen LogP contribution in [0.25, 0.3) is 0 Å². The Morgan fingerprint density at radius 3 is 1.45 bits per heavy atom. The molecule has 5 aromatic rings. The fraction of sp³-hybridized carbons (Fsp3) is 0.220. The molecule has 2 amide bonds. The fourth-order valence-corrected chi connectivity index (χ4v) is 7.42. The minimum absolute atomic E-state index is 0.0113. The second-order valence-electron chi connectivity index (χ2n) is 12.9. The van der Waals surface area contributed by atoms with Gasteiger partial charge in [0.15, 0.2) is 0 Å². The highest BCUT2D eigenvalue weighted by molar-refractivity contribution is 6.01. The second-order valence-corrected chi connectivity index (χ2v) is 12.9. The molecule has 0 bridgehead atoms. The number of benzene rings is 5. The van der Waals surface area contributed by atoms with Crippen LogP contribution in [-0.4, -0.2) is 51.2 Å². The minimum atomic E-state index is -4.48. The molecular weight excluding hydrogens is 623 g/mol. The third-order valence-electron chi connectivity index (χ3n) is 9.85. The molecule has 1 spiro atoms. The van der Waals surface area contributed by atoms with Crippen LogP contribution in [0.2, 0.25) is 0 Å². The molecular formula is C41H36F3N3O2. The van der Waals surface area contributed by atoms with Crippen molar-refractivity contribution in [2.75, 3.05) is 13.1 Å². The lowest BCUT2D eigenvalue weighted by Gasteiger charge is -2.62. The van der Waals surface area contributed by atoms with Gasteiger partial charge in [-0.2, -0.15) is 13.2 Å². The van der Waals surface area contributed by atoms with Crippen LogP contribution in [0.1, 0.15) is 52.4 Å². The predicted octanol–water partition coefficient (Wildman–Crippen LogP) is 7.90. The number of carbonyl (C=O) groups excluding carboxylic acids is 2. The predicted molar refractivity (Wildman–Crippen MR) is 182 cm³/mol. The number of amides is 2. The first-order valence-electron chi connectivity index (χ1n) is 16.4. The zero-order valence-electron chi connectivity index (χ0n) is 27.0. The van der Waals surface area contributed by atoms with Crippen molar-refractivity contribution in [3.8, 4) is 0 Å². The summed E-state index contributed by atoms with van der Waals surface area (Å²) in [6.07, 6.45) is -4.48. The van der Waals surface area contributed by atoms with E-state index in [4.69, 9.17) is 0 Å². The van der Waals surface area contributed by atoms with Gasteiger partial charge in [0.25, 0.3) is 5.91 Å². The Hall–Kier alpha value is -5.21. The van der Waals surface area contributed by atoms with Crippen molar-refractivity contribution < 1.29 is 22.8 Å². The topological polar surface area (TPSA) is 43.9 Å². The van der Waals surface area contributed by atoms with Crippen LogP contribution in [0.5, 0.6) is 0 Å².